The number of fused-ring (bicyclic) bond motifs is 1. The molecule has 0 spiro atoms. The Labute approximate surface area is 126 Å². The van der Waals surface area contributed by atoms with Gasteiger partial charge in [0.15, 0.2) is 17.0 Å². The lowest BCUT2D eigenvalue weighted by molar-refractivity contribution is 1.01. The topological polar surface area (TPSA) is 61.5 Å². The third kappa shape index (κ3) is 2.76. The Morgan fingerprint density at radius 2 is 2.15 bits per heavy atom. The van der Waals surface area contributed by atoms with Crippen molar-refractivity contribution in [1.29, 1.82) is 0 Å². The van der Waals surface area contributed by atoms with E-state index in [1.165, 1.54) is 6.34 Å². The summed E-state index contributed by atoms with van der Waals surface area (Å²) in [5.41, 5.74) is 1.08. The van der Waals surface area contributed by atoms with Gasteiger partial charge in [0.25, 0.3) is 0 Å². The molecule has 3 rings (SSSR count). The van der Waals surface area contributed by atoms with Gasteiger partial charge >= 0.3 is 0 Å². The van der Waals surface area contributed by atoms with Crippen molar-refractivity contribution < 1.29 is 0 Å². The van der Waals surface area contributed by atoms with Gasteiger partial charge in [0.1, 0.15) is 12.2 Å². The van der Waals surface area contributed by atoms with Gasteiger partial charge in [-0.05, 0) is 24.0 Å². The zero-order chi connectivity index (χ0) is 13.9. The van der Waals surface area contributed by atoms with Gasteiger partial charge in [-0.3, -0.25) is 4.99 Å². The fourth-order valence-electron chi connectivity index (χ4n) is 1.89. The van der Waals surface area contributed by atoms with E-state index < -0.39 is 0 Å². The van der Waals surface area contributed by atoms with Crippen LogP contribution < -0.4 is 5.32 Å². The van der Waals surface area contributed by atoms with Crippen LogP contribution in [-0.4, -0.2) is 35.5 Å². The quantitative estimate of drug-likeness (QED) is 0.912. The molecule has 0 bridgehead atoms. The molecule has 0 radical (unpaired) electrons. The Kier molecular flexibility index (Phi) is 3.84. The fraction of sp³-hybridized carbons (Fsp3) is 0.231. The molecule has 0 amide bonds. The van der Waals surface area contributed by atoms with Crippen LogP contribution in [0, 0.1) is 0 Å². The standard InChI is InChI=1S/C13H12ClN5S/c1-20-13-18-10-11(16-7-17-12(10)19-13)15-6-8-2-4-9(14)5-3-8/h2-5,7,10H,6H2,1H3,(H,15,16,17,18,19). The van der Waals surface area contributed by atoms with Crippen LogP contribution in [0.2, 0.25) is 5.02 Å². The predicted molar refractivity (Wildman–Crippen MR) is 86.4 cm³/mol. The minimum Gasteiger partial charge on any atom is -0.321 e. The number of benzene rings is 1. The number of nitrogens with one attached hydrogen (secondary N) is 1. The summed E-state index contributed by atoms with van der Waals surface area (Å²) >= 11 is 7.41. The smallest absolute Gasteiger partial charge is 0.169 e. The molecule has 1 atom stereocenters. The number of rotatable bonds is 2. The fourth-order valence-corrected chi connectivity index (χ4v) is 2.43. The Bertz CT molecular complexity index is 633. The first-order chi connectivity index (χ1) is 9.76. The van der Waals surface area contributed by atoms with Crippen molar-refractivity contribution in [2.24, 2.45) is 20.0 Å². The molecule has 1 N–H and O–H groups in total. The number of nitrogens with zero attached hydrogens (tertiary/aromatic N) is 4. The zero-order valence-electron chi connectivity index (χ0n) is 10.7. The van der Waals surface area contributed by atoms with Crippen molar-refractivity contribution in [3.63, 3.8) is 0 Å². The van der Waals surface area contributed by atoms with Gasteiger partial charge in [-0.1, -0.05) is 35.5 Å². The van der Waals surface area contributed by atoms with Crippen LogP contribution in [0.1, 0.15) is 5.56 Å². The Hall–Kier alpha value is -1.66. The molecule has 5 nitrogen and oxygen atoms in total. The van der Waals surface area contributed by atoms with Crippen LogP contribution in [0.15, 0.2) is 44.2 Å². The molecule has 1 aromatic rings. The van der Waals surface area contributed by atoms with Crippen molar-refractivity contribution in [2.45, 2.75) is 12.6 Å². The Morgan fingerprint density at radius 1 is 1.35 bits per heavy atom. The SMILES string of the molecule is CSC1=NC2C(=NCc3ccc(Cl)cc3)N=CN=C2N1. The lowest BCUT2D eigenvalue weighted by Gasteiger charge is -2.11. The van der Waals surface area contributed by atoms with Gasteiger partial charge in [0.05, 0.1) is 6.54 Å². The summed E-state index contributed by atoms with van der Waals surface area (Å²) < 4.78 is 0. The normalized spacial score (nSPS) is 22.3. The summed E-state index contributed by atoms with van der Waals surface area (Å²) in [7, 11) is 0. The van der Waals surface area contributed by atoms with Crippen LogP contribution >= 0.6 is 23.4 Å². The maximum atomic E-state index is 5.86. The summed E-state index contributed by atoms with van der Waals surface area (Å²) in [4.78, 5) is 17.5. The van der Waals surface area contributed by atoms with E-state index in [1.54, 1.807) is 11.8 Å². The van der Waals surface area contributed by atoms with Gasteiger partial charge in [-0.15, -0.1) is 0 Å². The first kappa shape index (κ1) is 13.3. The lowest BCUT2D eigenvalue weighted by Crippen LogP contribution is -2.34. The summed E-state index contributed by atoms with van der Waals surface area (Å²) in [6.45, 7) is 0.553. The number of hydrogen-bond donors (Lipinski definition) is 1. The Balaban J connectivity index is 1.78. The summed E-state index contributed by atoms with van der Waals surface area (Å²) in [5.74, 6) is 1.47. The molecule has 0 saturated carbocycles. The molecular formula is C13H12ClN5S. The van der Waals surface area contributed by atoms with Crippen molar-refractivity contribution in [3.05, 3.63) is 34.9 Å². The third-order valence-electron chi connectivity index (χ3n) is 2.90. The van der Waals surface area contributed by atoms with Crippen molar-refractivity contribution in [2.75, 3.05) is 6.26 Å². The van der Waals surface area contributed by atoms with Gasteiger partial charge in [-0.25, -0.2) is 15.0 Å². The monoisotopic (exact) mass is 305 g/mol. The largest absolute Gasteiger partial charge is 0.321 e. The lowest BCUT2D eigenvalue weighted by atomic mass is 10.2. The molecule has 0 fully saturated rings. The number of aliphatic imine (C=N–C) groups is 4. The second-order valence-corrected chi connectivity index (χ2v) is 5.46. The molecule has 2 aliphatic heterocycles. The average Bonchev–Trinajstić information content (AvgIpc) is 2.90. The van der Waals surface area contributed by atoms with E-state index in [2.05, 4.69) is 25.3 Å². The van der Waals surface area contributed by atoms with E-state index >= 15 is 0 Å². The molecule has 1 unspecified atom stereocenters. The van der Waals surface area contributed by atoms with E-state index in [9.17, 15) is 0 Å². The van der Waals surface area contributed by atoms with Gasteiger partial charge < -0.3 is 5.32 Å². The van der Waals surface area contributed by atoms with Crippen LogP contribution in [0.4, 0.5) is 0 Å². The second kappa shape index (κ2) is 5.76. The van der Waals surface area contributed by atoms with Crippen LogP contribution in [0.3, 0.4) is 0 Å². The molecule has 102 valence electrons. The van der Waals surface area contributed by atoms with Crippen LogP contribution in [-0.2, 0) is 6.54 Å². The first-order valence-corrected chi connectivity index (χ1v) is 7.64. The zero-order valence-corrected chi connectivity index (χ0v) is 12.3. The highest BCUT2D eigenvalue weighted by molar-refractivity contribution is 8.13. The third-order valence-corrected chi connectivity index (χ3v) is 3.75. The van der Waals surface area contributed by atoms with E-state index in [-0.39, 0.29) is 6.04 Å². The van der Waals surface area contributed by atoms with Crippen molar-refractivity contribution in [3.8, 4) is 0 Å². The van der Waals surface area contributed by atoms with Crippen LogP contribution in [0.5, 0.6) is 0 Å². The molecule has 0 aliphatic carbocycles. The molecule has 7 heteroatoms. The average molecular weight is 306 g/mol. The number of thioether (sulfide) groups is 1. The van der Waals surface area contributed by atoms with E-state index in [0.29, 0.717) is 12.4 Å². The molecule has 2 aliphatic rings. The minimum absolute atomic E-state index is 0.199. The predicted octanol–water partition coefficient (Wildman–Crippen LogP) is 2.37. The van der Waals surface area contributed by atoms with Gasteiger partial charge in [-0.2, -0.15) is 0 Å². The van der Waals surface area contributed by atoms with E-state index in [1.807, 2.05) is 30.5 Å². The highest BCUT2D eigenvalue weighted by Gasteiger charge is 2.30. The summed E-state index contributed by atoms with van der Waals surface area (Å²) in [6, 6.07) is 7.42. The maximum Gasteiger partial charge on any atom is 0.169 e. The summed E-state index contributed by atoms with van der Waals surface area (Å²) in [5, 5.41) is 4.72. The minimum atomic E-state index is -0.199. The number of amidine groups is 3. The molecule has 20 heavy (non-hydrogen) atoms. The molecule has 0 saturated heterocycles. The first-order valence-electron chi connectivity index (χ1n) is 6.04. The Morgan fingerprint density at radius 3 is 2.90 bits per heavy atom. The number of halogens is 1. The molecule has 2 heterocycles. The van der Waals surface area contributed by atoms with Gasteiger partial charge in [0, 0.05) is 5.02 Å². The van der Waals surface area contributed by atoms with Crippen molar-refractivity contribution in [1.82, 2.24) is 5.32 Å². The van der Waals surface area contributed by atoms with Gasteiger partial charge in [0.2, 0.25) is 0 Å². The maximum absolute atomic E-state index is 5.86. The molecular weight excluding hydrogens is 294 g/mol. The van der Waals surface area contributed by atoms with E-state index in [4.69, 9.17) is 11.6 Å². The van der Waals surface area contributed by atoms with E-state index in [0.717, 1.165) is 21.6 Å². The highest BCUT2D eigenvalue weighted by Crippen LogP contribution is 2.15. The molecule has 0 aromatic heterocycles. The second-order valence-electron chi connectivity index (χ2n) is 4.23. The van der Waals surface area contributed by atoms with Crippen molar-refractivity contribution >= 4 is 46.5 Å². The number of hydrogen-bond acceptors (Lipinski definition) is 5. The molecule has 1 aromatic carbocycles. The highest BCUT2D eigenvalue weighted by atomic mass is 35.5. The van der Waals surface area contributed by atoms with Crippen LogP contribution in [0.25, 0.3) is 0 Å². The summed E-state index contributed by atoms with van der Waals surface area (Å²) in [6.07, 6.45) is 3.48.